The fourth-order valence-electron chi connectivity index (χ4n) is 3.71. The van der Waals surface area contributed by atoms with E-state index in [4.69, 9.17) is 16.3 Å². The van der Waals surface area contributed by atoms with E-state index in [1.54, 1.807) is 13.8 Å². The molecule has 0 radical (unpaired) electrons. The zero-order valence-electron chi connectivity index (χ0n) is 20.8. The van der Waals surface area contributed by atoms with Crippen molar-refractivity contribution < 1.29 is 33.7 Å². The van der Waals surface area contributed by atoms with Crippen LogP contribution >= 0.6 is 11.6 Å². The molecule has 0 aliphatic carbocycles. The number of halogens is 2. The van der Waals surface area contributed by atoms with Gasteiger partial charge in [-0.25, -0.2) is 9.38 Å². The van der Waals surface area contributed by atoms with Crippen LogP contribution in [0.4, 0.5) is 10.1 Å². The number of aliphatic imine (C=N–C) groups is 1. The summed E-state index contributed by atoms with van der Waals surface area (Å²) in [6, 6.07) is 6.00. The number of hydrogen-bond acceptors (Lipinski definition) is 9. The molecule has 3 rings (SSSR count). The molecule has 2 aromatic rings. The lowest BCUT2D eigenvalue weighted by Gasteiger charge is -2.21. The lowest BCUT2D eigenvalue weighted by Crippen LogP contribution is -2.41. The summed E-state index contributed by atoms with van der Waals surface area (Å²) in [4.78, 5) is 41.5. The third-order valence-electron chi connectivity index (χ3n) is 5.47. The van der Waals surface area contributed by atoms with Crippen LogP contribution < -0.4 is 21.3 Å². The maximum Gasteiger partial charge on any atom is 0.308 e. The van der Waals surface area contributed by atoms with Crippen molar-refractivity contribution in [3.05, 3.63) is 52.0 Å². The zero-order valence-corrected chi connectivity index (χ0v) is 21.6. The largest absolute Gasteiger partial charge is 0.508 e. The van der Waals surface area contributed by atoms with E-state index in [-0.39, 0.29) is 48.7 Å². The average molecular weight is 550 g/mol. The van der Waals surface area contributed by atoms with Gasteiger partial charge in [0, 0.05) is 27.9 Å². The molecule has 204 valence electrons. The molecule has 2 unspecified atom stereocenters. The maximum atomic E-state index is 13.2. The first kappa shape index (κ1) is 28.5. The molecule has 1 aliphatic rings. The lowest BCUT2D eigenvalue weighted by molar-refractivity contribution is -0.143. The number of esters is 1. The van der Waals surface area contributed by atoms with Gasteiger partial charge in [0.05, 0.1) is 38.7 Å². The molecule has 0 spiro atoms. The Hall–Kier alpha value is -4.06. The van der Waals surface area contributed by atoms with E-state index in [0.717, 1.165) is 0 Å². The van der Waals surface area contributed by atoms with Crippen LogP contribution in [0, 0.1) is 6.92 Å². The molecule has 13 heteroatoms. The van der Waals surface area contributed by atoms with Gasteiger partial charge in [0.15, 0.2) is 5.96 Å². The van der Waals surface area contributed by atoms with Gasteiger partial charge < -0.3 is 36.2 Å². The highest BCUT2D eigenvalue weighted by molar-refractivity contribution is 6.30. The number of benzene rings is 2. The number of rotatable bonds is 9. The van der Waals surface area contributed by atoms with Crippen LogP contribution in [-0.4, -0.2) is 66.4 Å². The number of carbonyl (C=O) groups excluding carboxylic acids is 3. The van der Waals surface area contributed by atoms with Gasteiger partial charge in [-0.1, -0.05) is 11.6 Å². The second-order valence-electron chi connectivity index (χ2n) is 8.53. The van der Waals surface area contributed by atoms with E-state index in [1.807, 2.05) is 0 Å². The number of guanidine groups is 1. The Labute approximate surface area is 223 Å². The number of aryl methyl sites for hydroxylation is 1. The molecular formula is C25H29ClFN5O6. The van der Waals surface area contributed by atoms with E-state index in [9.17, 15) is 29.0 Å². The number of carbonyl (C=O) groups is 3. The first-order valence-electron chi connectivity index (χ1n) is 11.8. The number of phenolic OH excluding ortho intramolecular Hbond substituents is 2. The molecule has 6 N–H and O–H groups in total. The van der Waals surface area contributed by atoms with E-state index in [0.29, 0.717) is 22.2 Å². The van der Waals surface area contributed by atoms with Crippen molar-refractivity contribution in [2.24, 2.45) is 4.99 Å². The van der Waals surface area contributed by atoms with Gasteiger partial charge in [-0.3, -0.25) is 14.4 Å². The van der Waals surface area contributed by atoms with Crippen LogP contribution in [0.3, 0.4) is 0 Å². The highest BCUT2D eigenvalue weighted by Gasteiger charge is 2.24. The van der Waals surface area contributed by atoms with Crippen molar-refractivity contribution in [3.8, 4) is 11.5 Å². The third kappa shape index (κ3) is 7.97. The van der Waals surface area contributed by atoms with E-state index in [1.165, 1.54) is 30.3 Å². The lowest BCUT2D eigenvalue weighted by atomic mass is 9.99. The molecule has 1 heterocycles. The van der Waals surface area contributed by atoms with Gasteiger partial charge in [-0.15, -0.1) is 0 Å². The van der Waals surface area contributed by atoms with Crippen molar-refractivity contribution in [3.63, 3.8) is 0 Å². The monoisotopic (exact) mass is 549 g/mol. The van der Waals surface area contributed by atoms with E-state index < -0.39 is 36.5 Å². The normalized spacial score (nSPS) is 15.5. The van der Waals surface area contributed by atoms with Crippen molar-refractivity contribution >= 4 is 41.0 Å². The number of ether oxygens (including phenoxy) is 1. The number of nitrogens with zero attached hydrogens (tertiary/aromatic N) is 1. The first-order valence-corrected chi connectivity index (χ1v) is 12.2. The zero-order chi connectivity index (χ0) is 27.8. The number of phenols is 2. The molecule has 11 nitrogen and oxygen atoms in total. The SMILES string of the molecule is CCOC(=O)CC(NC(=O)CNC(=O)c1cc(O)cc(NC2=NCC(F)CN2)c1)c1cc(Cl)cc(C)c1O. The molecule has 0 saturated heterocycles. The minimum absolute atomic E-state index is 0.0136. The fourth-order valence-corrected chi connectivity index (χ4v) is 3.99. The predicted molar refractivity (Wildman–Crippen MR) is 139 cm³/mol. The second-order valence-corrected chi connectivity index (χ2v) is 8.97. The van der Waals surface area contributed by atoms with E-state index in [2.05, 4.69) is 26.3 Å². The highest BCUT2D eigenvalue weighted by atomic mass is 35.5. The van der Waals surface area contributed by atoms with Crippen LogP contribution in [0.2, 0.25) is 5.02 Å². The number of aromatic hydroxyl groups is 2. The molecule has 38 heavy (non-hydrogen) atoms. The van der Waals surface area contributed by atoms with Crippen molar-refractivity contribution in [1.82, 2.24) is 16.0 Å². The summed E-state index contributed by atoms with van der Waals surface area (Å²) in [5.74, 6) is -1.97. The molecule has 0 fully saturated rings. The Kier molecular flexibility index (Phi) is 9.72. The second kappa shape index (κ2) is 13.0. The summed E-state index contributed by atoms with van der Waals surface area (Å²) in [5, 5.41) is 31.5. The van der Waals surface area contributed by atoms with Gasteiger partial charge in [0.1, 0.15) is 17.7 Å². The van der Waals surface area contributed by atoms with Gasteiger partial charge >= 0.3 is 5.97 Å². The predicted octanol–water partition coefficient (Wildman–Crippen LogP) is 2.31. The van der Waals surface area contributed by atoms with Gasteiger partial charge in [0.2, 0.25) is 5.91 Å². The molecule has 2 amide bonds. The minimum Gasteiger partial charge on any atom is -0.508 e. The Morgan fingerprint density at radius 2 is 2.00 bits per heavy atom. The Morgan fingerprint density at radius 1 is 1.24 bits per heavy atom. The standard InChI is InChI=1S/C25H29ClFN5O6/c1-3-38-22(35)9-20(19-7-15(26)4-13(2)23(19)36)32-21(34)12-28-24(37)14-5-17(8-18(33)6-14)31-25-29-10-16(27)11-30-25/h4-8,16,20,33,36H,3,9-12H2,1-2H3,(H,28,37)(H,32,34)(H2,29,30,31). The Bertz CT molecular complexity index is 1240. The van der Waals surface area contributed by atoms with Gasteiger partial charge in [0.25, 0.3) is 5.91 Å². The Balaban J connectivity index is 1.67. The Morgan fingerprint density at radius 3 is 2.68 bits per heavy atom. The number of alkyl halides is 1. The molecule has 0 saturated carbocycles. The molecule has 0 bridgehead atoms. The van der Waals surface area contributed by atoms with Crippen LogP contribution in [-0.2, 0) is 14.3 Å². The molecule has 1 aliphatic heterocycles. The molecule has 0 aromatic heterocycles. The maximum absolute atomic E-state index is 13.2. The molecule has 2 atom stereocenters. The smallest absolute Gasteiger partial charge is 0.308 e. The van der Waals surface area contributed by atoms with Crippen molar-refractivity contribution in [2.75, 3.05) is 31.6 Å². The quantitative estimate of drug-likeness (QED) is 0.260. The van der Waals surface area contributed by atoms with Crippen LogP contribution in [0.15, 0.2) is 35.3 Å². The van der Waals surface area contributed by atoms with Crippen LogP contribution in [0.1, 0.15) is 40.9 Å². The number of amides is 2. The molecular weight excluding hydrogens is 521 g/mol. The first-order chi connectivity index (χ1) is 18.0. The number of nitrogens with one attached hydrogen (secondary N) is 4. The fraction of sp³-hybridized carbons (Fsp3) is 0.360. The average Bonchev–Trinajstić information content (AvgIpc) is 2.85. The van der Waals surface area contributed by atoms with E-state index >= 15 is 0 Å². The summed E-state index contributed by atoms with van der Waals surface area (Å²) >= 11 is 6.11. The van der Waals surface area contributed by atoms with Gasteiger partial charge in [-0.05, 0) is 43.7 Å². The summed E-state index contributed by atoms with van der Waals surface area (Å²) in [6.07, 6.45) is -1.37. The summed E-state index contributed by atoms with van der Waals surface area (Å²) < 4.78 is 18.2. The summed E-state index contributed by atoms with van der Waals surface area (Å²) in [6.45, 7) is 3.00. The summed E-state index contributed by atoms with van der Waals surface area (Å²) in [7, 11) is 0. The topological polar surface area (TPSA) is 161 Å². The number of hydrogen-bond donors (Lipinski definition) is 6. The van der Waals surface area contributed by atoms with Crippen LogP contribution in [0.5, 0.6) is 11.5 Å². The summed E-state index contributed by atoms with van der Waals surface area (Å²) in [5.41, 5.74) is 1.05. The van der Waals surface area contributed by atoms with Crippen LogP contribution in [0.25, 0.3) is 0 Å². The minimum atomic E-state index is -1.10. The van der Waals surface area contributed by atoms with Crippen molar-refractivity contribution in [2.45, 2.75) is 32.5 Å². The third-order valence-corrected chi connectivity index (χ3v) is 5.69. The molecule has 2 aromatic carbocycles. The highest BCUT2D eigenvalue weighted by Crippen LogP contribution is 2.33. The van der Waals surface area contributed by atoms with Gasteiger partial charge in [-0.2, -0.15) is 0 Å². The van der Waals surface area contributed by atoms with Crippen molar-refractivity contribution in [1.29, 1.82) is 0 Å². The number of anilines is 1.